The fourth-order valence-corrected chi connectivity index (χ4v) is 2.50. The molecule has 2 unspecified atom stereocenters. The Hall–Kier alpha value is 0.0969. The van der Waals surface area contributed by atoms with Crippen molar-refractivity contribution in [1.29, 1.82) is 0 Å². The Kier molecular flexibility index (Phi) is 7.28. The topological polar surface area (TPSA) is 34.3 Å². The molecule has 96 valence electrons. The highest BCUT2D eigenvalue weighted by atomic mass is 28.3. The molecule has 0 aliphatic carbocycles. The van der Waals surface area contributed by atoms with Crippen LogP contribution in [0.4, 0.5) is 0 Å². The van der Waals surface area contributed by atoms with Gasteiger partial charge in [0.2, 0.25) is 0 Å². The summed E-state index contributed by atoms with van der Waals surface area (Å²) in [6.07, 6.45) is 3.63. The van der Waals surface area contributed by atoms with E-state index in [4.69, 9.17) is 14.2 Å². The predicted molar refractivity (Wildman–Crippen MR) is 68.9 cm³/mol. The summed E-state index contributed by atoms with van der Waals surface area (Å²) in [7, 11) is -0.188. The first-order valence-electron chi connectivity index (χ1n) is 6.53. The van der Waals surface area contributed by atoms with E-state index in [0.717, 1.165) is 26.4 Å². The fraction of sp³-hybridized carbons (Fsp3) is 1.00. The van der Waals surface area contributed by atoms with E-state index in [1.807, 2.05) is 0 Å². The zero-order valence-corrected chi connectivity index (χ0v) is 12.1. The van der Waals surface area contributed by atoms with Gasteiger partial charge in [-0.25, -0.2) is 0 Å². The molecular formula is C12H26O3Si. The van der Waals surface area contributed by atoms with Crippen LogP contribution in [-0.2, 0) is 14.2 Å². The van der Waals surface area contributed by atoms with E-state index in [0.29, 0.717) is 12.2 Å². The second-order valence-corrected chi connectivity index (χ2v) is 8.35. The molecule has 2 aliphatic heterocycles. The number of rotatable bonds is 7. The minimum absolute atomic E-state index is 0.188. The monoisotopic (exact) mass is 246 g/mol. The molecular weight excluding hydrogens is 220 g/mol. The predicted octanol–water partition coefficient (Wildman–Crippen LogP) is 2.07. The molecule has 2 heterocycles. The van der Waals surface area contributed by atoms with Crippen LogP contribution in [-0.4, -0.2) is 47.4 Å². The van der Waals surface area contributed by atoms with E-state index >= 15 is 0 Å². The Balaban J connectivity index is 0.000000168. The first-order valence-corrected chi connectivity index (χ1v) is 9.66. The third-order valence-corrected chi connectivity index (χ3v) is 4.11. The van der Waals surface area contributed by atoms with Crippen LogP contribution in [0.5, 0.6) is 0 Å². The number of hydrogen-bond acceptors (Lipinski definition) is 3. The molecule has 0 saturated carbocycles. The van der Waals surface area contributed by atoms with Crippen molar-refractivity contribution >= 4 is 8.80 Å². The van der Waals surface area contributed by atoms with Crippen molar-refractivity contribution in [1.82, 2.24) is 0 Å². The molecule has 16 heavy (non-hydrogen) atoms. The Labute approximate surface area is 101 Å². The lowest BCUT2D eigenvalue weighted by Crippen LogP contribution is -2.06. The molecule has 2 saturated heterocycles. The molecule has 3 nitrogen and oxygen atoms in total. The standard InChI is InChI=1S/C6H10O3.C6H16Si/c1(5-3-8-5)7-2-6-4-9-6;1-4-5-6-7(2)3/h5-6H,1-4H2;7H,4-6H2,1-3H3. The van der Waals surface area contributed by atoms with Crippen molar-refractivity contribution in [2.45, 2.75) is 51.1 Å². The smallest absolute Gasteiger partial charge is 0.104 e. The zero-order valence-electron chi connectivity index (χ0n) is 10.9. The zero-order chi connectivity index (χ0) is 11.8. The van der Waals surface area contributed by atoms with Gasteiger partial charge in [-0.2, -0.15) is 0 Å². The van der Waals surface area contributed by atoms with Crippen LogP contribution in [0, 0.1) is 0 Å². The first-order chi connectivity index (χ1) is 7.72. The molecule has 4 heteroatoms. The van der Waals surface area contributed by atoms with E-state index in [1.165, 1.54) is 18.9 Å². The average molecular weight is 246 g/mol. The van der Waals surface area contributed by atoms with Crippen molar-refractivity contribution in [2.75, 3.05) is 26.4 Å². The minimum Gasteiger partial charge on any atom is -0.376 e. The van der Waals surface area contributed by atoms with Crippen molar-refractivity contribution in [2.24, 2.45) is 0 Å². The van der Waals surface area contributed by atoms with Crippen molar-refractivity contribution < 1.29 is 14.2 Å². The third kappa shape index (κ3) is 9.33. The third-order valence-electron chi connectivity index (χ3n) is 2.55. The van der Waals surface area contributed by atoms with Crippen LogP contribution >= 0.6 is 0 Å². The average Bonchev–Trinajstić information content (AvgIpc) is 3.09. The molecule has 2 rings (SSSR count). The summed E-state index contributed by atoms with van der Waals surface area (Å²) in [5, 5.41) is 0. The first kappa shape index (κ1) is 14.2. The number of epoxide rings is 2. The molecule has 2 fully saturated rings. The van der Waals surface area contributed by atoms with Crippen LogP contribution in [0.1, 0.15) is 19.8 Å². The molecule has 0 N–H and O–H groups in total. The summed E-state index contributed by atoms with van der Waals surface area (Å²) in [6.45, 7) is 10.3. The van der Waals surface area contributed by atoms with E-state index in [2.05, 4.69) is 20.0 Å². The molecule has 0 amide bonds. The molecule has 0 aromatic heterocycles. The van der Waals surface area contributed by atoms with Crippen LogP contribution < -0.4 is 0 Å². The molecule has 0 spiro atoms. The second kappa shape index (κ2) is 8.23. The van der Waals surface area contributed by atoms with Gasteiger partial charge in [0.1, 0.15) is 12.2 Å². The fourth-order valence-electron chi connectivity index (χ4n) is 1.27. The van der Waals surface area contributed by atoms with Gasteiger partial charge in [-0.05, 0) is 0 Å². The lowest BCUT2D eigenvalue weighted by atomic mass is 10.4. The molecule has 2 atom stereocenters. The highest BCUT2D eigenvalue weighted by Gasteiger charge is 2.26. The summed E-state index contributed by atoms with van der Waals surface area (Å²) in [5.74, 6) is 0. The maximum absolute atomic E-state index is 5.23. The second-order valence-electron chi connectivity index (χ2n) is 4.98. The largest absolute Gasteiger partial charge is 0.376 e. The van der Waals surface area contributed by atoms with Crippen LogP contribution in [0.25, 0.3) is 0 Å². The normalized spacial score (nSPS) is 26.2. The summed E-state index contributed by atoms with van der Waals surface area (Å²) in [6, 6.07) is 1.54. The summed E-state index contributed by atoms with van der Waals surface area (Å²) in [5.41, 5.74) is 0. The van der Waals surface area contributed by atoms with E-state index in [-0.39, 0.29) is 8.80 Å². The lowest BCUT2D eigenvalue weighted by molar-refractivity contribution is 0.102. The van der Waals surface area contributed by atoms with Crippen molar-refractivity contribution in [3.8, 4) is 0 Å². The number of unbranched alkanes of at least 4 members (excludes halogenated alkanes) is 1. The molecule has 0 radical (unpaired) electrons. The van der Waals surface area contributed by atoms with Crippen LogP contribution in [0.2, 0.25) is 19.1 Å². The summed E-state index contributed by atoms with van der Waals surface area (Å²) >= 11 is 0. The van der Waals surface area contributed by atoms with E-state index in [1.54, 1.807) is 0 Å². The van der Waals surface area contributed by atoms with Gasteiger partial charge in [-0.15, -0.1) is 0 Å². The number of ether oxygens (including phenoxy) is 3. The quantitative estimate of drug-likeness (QED) is 0.509. The van der Waals surface area contributed by atoms with Crippen molar-refractivity contribution in [3.05, 3.63) is 0 Å². The maximum atomic E-state index is 5.23. The van der Waals surface area contributed by atoms with Gasteiger partial charge in [0.15, 0.2) is 0 Å². The molecule has 2 aliphatic rings. The van der Waals surface area contributed by atoms with E-state index in [9.17, 15) is 0 Å². The lowest BCUT2D eigenvalue weighted by Gasteiger charge is -1.97. The summed E-state index contributed by atoms with van der Waals surface area (Å²) in [4.78, 5) is 0. The molecule has 0 aromatic rings. The van der Waals surface area contributed by atoms with Crippen LogP contribution in [0.3, 0.4) is 0 Å². The Morgan fingerprint density at radius 2 is 1.62 bits per heavy atom. The maximum Gasteiger partial charge on any atom is 0.104 e. The van der Waals surface area contributed by atoms with Gasteiger partial charge < -0.3 is 14.2 Å². The highest BCUT2D eigenvalue weighted by molar-refractivity contribution is 6.55. The van der Waals surface area contributed by atoms with E-state index < -0.39 is 0 Å². The van der Waals surface area contributed by atoms with Crippen molar-refractivity contribution in [3.63, 3.8) is 0 Å². The Morgan fingerprint density at radius 3 is 1.88 bits per heavy atom. The summed E-state index contributed by atoms with van der Waals surface area (Å²) < 4.78 is 15.1. The van der Waals surface area contributed by atoms with Gasteiger partial charge in [-0.3, -0.25) is 0 Å². The minimum atomic E-state index is -0.188. The van der Waals surface area contributed by atoms with Gasteiger partial charge >= 0.3 is 0 Å². The van der Waals surface area contributed by atoms with Gasteiger partial charge in [-0.1, -0.05) is 38.9 Å². The van der Waals surface area contributed by atoms with Crippen LogP contribution in [0.15, 0.2) is 0 Å². The molecule has 0 bridgehead atoms. The van der Waals surface area contributed by atoms with Gasteiger partial charge in [0.05, 0.1) is 26.4 Å². The Morgan fingerprint density at radius 1 is 1.12 bits per heavy atom. The Bertz CT molecular complexity index is 156. The molecule has 0 aromatic carbocycles. The number of hydrogen-bond donors (Lipinski definition) is 0. The highest BCUT2D eigenvalue weighted by Crippen LogP contribution is 2.12. The van der Waals surface area contributed by atoms with Gasteiger partial charge in [0.25, 0.3) is 0 Å². The van der Waals surface area contributed by atoms with Gasteiger partial charge in [0, 0.05) is 8.80 Å². The SMILES string of the molecule is C(OCC1CO1)C1CO1.CCCC[SiH](C)C.